The van der Waals surface area contributed by atoms with Crippen molar-refractivity contribution in [1.82, 2.24) is 0 Å². The van der Waals surface area contributed by atoms with E-state index in [1.807, 2.05) is 0 Å². The first kappa shape index (κ1) is 11.9. The lowest BCUT2D eigenvalue weighted by Crippen LogP contribution is -2.44. The lowest BCUT2D eigenvalue weighted by molar-refractivity contribution is 0.00309. The second-order valence-electron chi connectivity index (χ2n) is 5.94. The van der Waals surface area contributed by atoms with Gasteiger partial charge in [-0.25, -0.2) is 0 Å². The number of hydrogen-bond donors (Lipinski definition) is 1. The van der Waals surface area contributed by atoms with Gasteiger partial charge in [-0.3, -0.25) is 0 Å². The number of aliphatic hydroxyl groups excluding tert-OH is 1. The summed E-state index contributed by atoms with van der Waals surface area (Å²) < 4.78 is 0. The Hall–Kier alpha value is -0.560. The Morgan fingerprint density at radius 3 is 2.69 bits per heavy atom. The minimum Gasteiger partial charge on any atom is -0.392 e. The molecule has 0 aromatic carbocycles. The van der Waals surface area contributed by atoms with Gasteiger partial charge in [-0.15, -0.1) is 0 Å². The zero-order valence-corrected chi connectivity index (χ0v) is 10.6. The van der Waals surface area contributed by atoms with E-state index in [9.17, 15) is 0 Å². The lowest BCUT2D eigenvalue weighted by atomic mass is 9.51. The fraction of sp³-hybridized carbons (Fsp3) is 0.733. The molecule has 0 aromatic heterocycles. The van der Waals surface area contributed by atoms with Gasteiger partial charge >= 0.3 is 0 Å². The summed E-state index contributed by atoms with van der Waals surface area (Å²) in [7, 11) is 0. The summed E-state index contributed by atoms with van der Waals surface area (Å²) in [5.74, 6) is 1.54. The molecule has 0 radical (unpaired) electrons. The van der Waals surface area contributed by atoms with Crippen LogP contribution in [-0.2, 0) is 0 Å². The van der Waals surface area contributed by atoms with Gasteiger partial charge < -0.3 is 5.11 Å². The van der Waals surface area contributed by atoms with Gasteiger partial charge in [0.15, 0.2) is 0 Å². The summed E-state index contributed by atoms with van der Waals surface area (Å²) in [5.41, 5.74) is 3.10. The molecule has 0 bridgehead atoms. The van der Waals surface area contributed by atoms with Crippen molar-refractivity contribution in [3.63, 3.8) is 0 Å². The highest BCUT2D eigenvalue weighted by atomic mass is 16.3. The molecular formula is C15H24O. The van der Waals surface area contributed by atoms with Crippen LogP contribution in [0.2, 0.25) is 0 Å². The molecule has 1 N–H and O–H groups in total. The van der Waals surface area contributed by atoms with E-state index in [1.54, 1.807) is 0 Å². The minimum absolute atomic E-state index is 0.257. The van der Waals surface area contributed by atoms with Crippen LogP contribution in [0.25, 0.3) is 0 Å². The smallest absolute Gasteiger partial charge is 0.0641 e. The Balaban J connectivity index is 2.04. The number of aliphatic hydroxyl groups is 1. The van der Waals surface area contributed by atoms with Crippen LogP contribution in [0.4, 0.5) is 0 Å². The van der Waals surface area contributed by atoms with Crippen LogP contribution in [0, 0.1) is 17.3 Å². The van der Waals surface area contributed by atoms with Crippen molar-refractivity contribution in [2.24, 2.45) is 17.3 Å². The molecule has 1 heteroatoms. The molecule has 0 amide bonds. The average molecular weight is 220 g/mol. The molecular weight excluding hydrogens is 196 g/mol. The second kappa shape index (κ2) is 4.37. The minimum atomic E-state index is 0.257. The van der Waals surface area contributed by atoms with Gasteiger partial charge in [0.25, 0.3) is 0 Å². The average Bonchev–Trinajstić information content (AvgIpc) is 2.26. The Kier molecular flexibility index (Phi) is 3.25. The van der Waals surface area contributed by atoms with Crippen LogP contribution in [0.15, 0.2) is 23.8 Å². The zero-order valence-electron chi connectivity index (χ0n) is 10.6. The fourth-order valence-electron chi connectivity index (χ4n) is 3.67. The highest BCUT2D eigenvalue weighted by molar-refractivity contribution is 5.15. The van der Waals surface area contributed by atoms with Gasteiger partial charge in [-0.2, -0.15) is 0 Å². The summed E-state index contributed by atoms with van der Waals surface area (Å²) in [4.78, 5) is 0. The Bertz CT molecular complexity index is 315. The van der Waals surface area contributed by atoms with E-state index in [1.165, 1.54) is 30.4 Å². The van der Waals surface area contributed by atoms with Gasteiger partial charge in [0, 0.05) is 0 Å². The maximum Gasteiger partial charge on any atom is 0.0641 e. The Morgan fingerprint density at radius 1 is 1.56 bits per heavy atom. The molecule has 0 aliphatic heterocycles. The van der Waals surface area contributed by atoms with Gasteiger partial charge in [0.05, 0.1) is 6.61 Å². The van der Waals surface area contributed by atoms with Gasteiger partial charge in [0.1, 0.15) is 0 Å². The molecule has 0 aromatic rings. The summed E-state index contributed by atoms with van der Waals surface area (Å²) in [6, 6.07) is 0. The molecule has 0 saturated heterocycles. The van der Waals surface area contributed by atoms with Gasteiger partial charge in [-0.1, -0.05) is 25.2 Å². The van der Waals surface area contributed by atoms with E-state index in [0.717, 1.165) is 24.7 Å². The van der Waals surface area contributed by atoms with E-state index in [2.05, 4.69) is 26.5 Å². The van der Waals surface area contributed by atoms with E-state index >= 15 is 0 Å². The second-order valence-corrected chi connectivity index (χ2v) is 5.94. The van der Waals surface area contributed by atoms with Crippen LogP contribution in [0.1, 0.15) is 46.0 Å². The zero-order chi connectivity index (χ0) is 11.8. The number of hydrogen-bond acceptors (Lipinski definition) is 1. The molecule has 1 nitrogen and oxygen atoms in total. The van der Waals surface area contributed by atoms with Crippen LogP contribution in [-0.4, -0.2) is 11.7 Å². The normalized spacial score (nSPS) is 38.8. The maximum atomic E-state index is 9.11. The van der Waals surface area contributed by atoms with Gasteiger partial charge in [0.2, 0.25) is 0 Å². The first-order chi connectivity index (χ1) is 7.58. The molecule has 90 valence electrons. The number of allylic oxidation sites excluding steroid dienone is 2. The first-order valence-electron chi connectivity index (χ1n) is 6.52. The lowest BCUT2D eigenvalue weighted by Gasteiger charge is -2.53. The molecule has 0 spiro atoms. The topological polar surface area (TPSA) is 20.2 Å². The summed E-state index contributed by atoms with van der Waals surface area (Å²) >= 11 is 0. The molecule has 0 unspecified atom stereocenters. The molecule has 2 rings (SSSR count). The van der Waals surface area contributed by atoms with Crippen molar-refractivity contribution in [2.45, 2.75) is 46.0 Å². The van der Waals surface area contributed by atoms with Crippen molar-refractivity contribution in [1.29, 1.82) is 0 Å². The van der Waals surface area contributed by atoms with Crippen molar-refractivity contribution in [3.05, 3.63) is 23.8 Å². The van der Waals surface area contributed by atoms with E-state index in [4.69, 9.17) is 5.11 Å². The molecule has 1 saturated carbocycles. The third-order valence-corrected chi connectivity index (χ3v) is 5.00. The van der Waals surface area contributed by atoms with Crippen LogP contribution in [0.3, 0.4) is 0 Å². The van der Waals surface area contributed by atoms with Crippen LogP contribution >= 0.6 is 0 Å². The van der Waals surface area contributed by atoms with Crippen molar-refractivity contribution in [3.8, 4) is 0 Å². The Morgan fingerprint density at radius 2 is 2.31 bits per heavy atom. The Labute approximate surface area is 99.3 Å². The molecule has 2 aliphatic rings. The SMILES string of the molecule is C=C(C)[C@@H]1CC[C@]1(C)[C@@H]1CC=C(CO)CC1. The standard InChI is InChI=1S/C15H24O/c1-11(2)14-8-9-15(14,3)13-6-4-12(10-16)5-7-13/h4,13-14,16H,1,5-10H2,2-3H3/t13-,14+,15-/m1/s1. The number of rotatable bonds is 3. The van der Waals surface area contributed by atoms with E-state index in [0.29, 0.717) is 5.41 Å². The van der Waals surface area contributed by atoms with Crippen molar-refractivity contribution in [2.75, 3.05) is 6.61 Å². The summed E-state index contributed by atoms with van der Waals surface area (Å²) in [6.45, 7) is 9.02. The molecule has 16 heavy (non-hydrogen) atoms. The summed E-state index contributed by atoms with van der Waals surface area (Å²) in [6.07, 6.45) is 8.48. The predicted molar refractivity (Wildman–Crippen MR) is 68.2 cm³/mol. The highest BCUT2D eigenvalue weighted by Gasteiger charge is 2.47. The molecule has 1 fully saturated rings. The third-order valence-electron chi connectivity index (χ3n) is 5.00. The first-order valence-corrected chi connectivity index (χ1v) is 6.52. The quantitative estimate of drug-likeness (QED) is 0.719. The summed E-state index contributed by atoms with van der Waals surface area (Å²) in [5, 5.41) is 9.11. The monoisotopic (exact) mass is 220 g/mol. The van der Waals surface area contributed by atoms with Crippen molar-refractivity contribution < 1.29 is 5.11 Å². The van der Waals surface area contributed by atoms with Gasteiger partial charge in [-0.05, 0) is 61.9 Å². The van der Waals surface area contributed by atoms with Crippen LogP contribution < -0.4 is 0 Å². The van der Waals surface area contributed by atoms with E-state index in [-0.39, 0.29) is 6.61 Å². The van der Waals surface area contributed by atoms with Crippen LogP contribution in [0.5, 0.6) is 0 Å². The van der Waals surface area contributed by atoms with Crippen molar-refractivity contribution >= 4 is 0 Å². The predicted octanol–water partition coefficient (Wildman–Crippen LogP) is 3.70. The molecule has 2 aliphatic carbocycles. The molecule has 0 heterocycles. The maximum absolute atomic E-state index is 9.11. The fourth-order valence-corrected chi connectivity index (χ4v) is 3.67. The van der Waals surface area contributed by atoms with E-state index < -0.39 is 0 Å². The molecule has 3 atom stereocenters. The largest absolute Gasteiger partial charge is 0.392 e. The third kappa shape index (κ3) is 1.86. The highest BCUT2D eigenvalue weighted by Crippen LogP contribution is 2.57.